The standard InChI is InChI=1S/C14H12.Rb.H/c1-3-7-13(8-4-1)11-12-14-9-5-2-6-10-14;;/h1-12H;;/q;+1;-1. The van der Waals surface area contributed by atoms with Crippen LogP contribution in [0, 0.1) is 0 Å². The second-order valence-electron chi connectivity index (χ2n) is 3.15. The SMILES string of the molecule is C(=Cc1ccccc1)c1ccccc1.[H-].[Rb+]. The number of rotatable bonds is 2. The molecule has 0 unspecified atom stereocenters. The molecule has 0 aromatic heterocycles. The Morgan fingerprint density at radius 3 is 1.27 bits per heavy atom. The minimum absolute atomic E-state index is 0. The largest absolute Gasteiger partial charge is 1.00 e. The Bertz CT molecular complexity index is 368. The molecule has 70 valence electrons. The fraction of sp³-hybridized carbons (Fsp3) is 0. The Morgan fingerprint density at radius 1 is 0.600 bits per heavy atom. The van der Waals surface area contributed by atoms with E-state index in [9.17, 15) is 0 Å². The summed E-state index contributed by atoms with van der Waals surface area (Å²) in [5, 5.41) is 0. The molecule has 2 aromatic rings. The maximum Gasteiger partial charge on any atom is 1.00 e. The van der Waals surface area contributed by atoms with E-state index >= 15 is 0 Å². The molecule has 1 heteroatoms. The van der Waals surface area contributed by atoms with Gasteiger partial charge in [-0.2, -0.15) is 0 Å². The Labute approximate surface area is 141 Å². The smallest absolute Gasteiger partial charge is 1.00 e. The van der Waals surface area contributed by atoms with Gasteiger partial charge < -0.3 is 1.43 Å². The summed E-state index contributed by atoms with van der Waals surface area (Å²) in [7, 11) is 0. The van der Waals surface area contributed by atoms with Crippen LogP contribution in [0.2, 0.25) is 0 Å². The van der Waals surface area contributed by atoms with Crippen molar-refractivity contribution in [2.45, 2.75) is 0 Å². The van der Waals surface area contributed by atoms with Crippen molar-refractivity contribution in [3.05, 3.63) is 71.8 Å². The summed E-state index contributed by atoms with van der Waals surface area (Å²) in [5.41, 5.74) is 2.47. The predicted octanol–water partition coefficient (Wildman–Crippen LogP) is 0.974. The third kappa shape index (κ3) is 4.56. The van der Waals surface area contributed by atoms with Crippen molar-refractivity contribution in [3.8, 4) is 0 Å². The fourth-order valence-electron chi connectivity index (χ4n) is 1.32. The van der Waals surface area contributed by atoms with E-state index in [2.05, 4.69) is 36.4 Å². The van der Waals surface area contributed by atoms with Crippen LogP contribution in [0.5, 0.6) is 0 Å². The molecule has 0 saturated heterocycles. The van der Waals surface area contributed by atoms with E-state index in [1.54, 1.807) is 0 Å². The first-order valence-corrected chi connectivity index (χ1v) is 4.73. The van der Waals surface area contributed by atoms with Crippen LogP contribution in [0.3, 0.4) is 0 Å². The zero-order valence-electron chi connectivity index (χ0n) is 9.93. The van der Waals surface area contributed by atoms with Gasteiger partial charge in [0.1, 0.15) is 0 Å². The molecule has 0 fully saturated rings. The molecule has 2 rings (SSSR count). The van der Waals surface area contributed by atoms with Gasteiger partial charge in [-0.25, -0.2) is 0 Å². The molecule has 0 spiro atoms. The van der Waals surface area contributed by atoms with Gasteiger partial charge >= 0.3 is 58.2 Å². The summed E-state index contributed by atoms with van der Waals surface area (Å²) in [5.74, 6) is 0. The van der Waals surface area contributed by atoms with Crippen LogP contribution >= 0.6 is 0 Å². The molecule has 0 aliphatic heterocycles. The van der Waals surface area contributed by atoms with E-state index in [0.29, 0.717) is 0 Å². The Hall–Kier alpha value is -0.0148. The second-order valence-corrected chi connectivity index (χ2v) is 3.15. The van der Waals surface area contributed by atoms with E-state index in [1.165, 1.54) is 11.1 Å². The van der Waals surface area contributed by atoms with Crippen LogP contribution in [0.1, 0.15) is 12.6 Å². The predicted molar refractivity (Wildman–Crippen MR) is 62.9 cm³/mol. The second kappa shape index (κ2) is 7.29. The van der Waals surface area contributed by atoms with Crippen LogP contribution in [0.25, 0.3) is 12.2 Å². The zero-order valence-corrected chi connectivity index (χ0v) is 13.8. The summed E-state index contributed by atoms with van der Waals surface area (Å²) in [6.45, 7) is 0. The molecule has 0 atom stereocenters. The van der Waals surface area contributed by atoms with Crippen molar-refractivity contribution in [1.29, 1.82) is 0 Å². The van der Waals surface area contributed by atoms with Gasteiger partial charge in [0.25, 0.3) is 0 Å². The third-order valence-corrected chi connectivity index (χ3v) is 2.07. The van der Waals surface area contributed by atoms with Gasteiger partial charge in [-0.3, -0.25) is 0 Å². The average Bonchev–Trinajstić information content (AvgIpc) is 2.29. The number of hydrogen-bond donors (Lipinski definition) is 0. The van der Waals surface area contributed by atoms with Crippen molar-refractivity contribution in [2.75, 3.05) is 0 Å². The molecule has 0 amide bonds. The summed E-state index contributed by atoms with van der Waals surface area (Å²) >= 11 is 0. The fourth-order valence-corrected chi connectivity index (χ4v) is 1.32. The zero-order chi connectivity index (χ0) is 9.64. The van der Waals surface area contributed by atoms with E-state index < -0.39 is 0 Å². The van der Waals surface area contributed by atoms with Crippen molar-refractivity contribution in [2.24, 2.45) is 0 Å². The first-order valence-electron chi connectivity index (χ1n) is 4.73. The molecule has 0 aliphatic rings. The first kappa shape index (κ1) is 13.1. The summed E-state index contributed by atoms with van der Waals surface area (Å²) in [6, 6.07) is 20.6. The number of benzene rings is 2. The quantitative estimate of drug-likeness (QED) is 0.711. The van der Waals surface area contributed by atoms with Gasteiger partial charge in [0, 0.05) is 0 Å². The van der Waals surface area contributed by atoms with E-state index in [1.807, 2.05) is 36.4 Å². The van der Waals surface area contributed by atoms with Gasteiger partial charge in [-0.1, -0.05) is 72.8 Å². The molecule has 0 heterocycles. The molecule has 0 aliphatic carbocycles. The third-order valence-electron chi connectivity index (χ3n) is 2.07. The monoisotopic (exact) mass is 266 g/mol. The summed E-state index contributed by atoms with van der Waals surface area (Å²) in [4.78, 5) is 0. The Morgan fingerprint density at radius 2 is 0.933 bits per heavy atom. The van der Waals surface area contributed by atoms with E-state index in [0.717, 1.165) is 0 Å². The van der Waals surface area contributed by atoms with Crippen LogP contribution in [0.4, 0.5) is 0 Å². The normalized spacial score (nSPS) is 9.87. The maximum absolute atomic E-state index is 2.12. The average molecular weight is 267 g/mol. The van der Waals surface area contributed by atoms with Crippen LogP contribution in [-0.2, 0) is 0 Å². The van der Waals surface area contributed by atoms with E-state index in [4.69, 9.17) is 0 Å². The molecule has 0 saturated carbocycles. The molecule has 0 radical (unpaired) electrons. The van der Waals surface area contributed by atoms with Crippen molar-refractivity contribution < 1.29 is 59.6 Å². The minimum Gasteiger partial charge on any atom is -1.00 e. The van der Waals surface area contributed by atoms with Gasteiger partial charge in [-0.15, -0.1) is 0 Å². The van der Waals surface area contributed by atoms with Gasteiger partial charge in [0.05, 0.1) is 0 Å². The topological polar surface area (TPSA) is 0 Å². The summed E-state index contributed by atoms with van der Waals surface area (Å²) < 4.78 is 0. The van der Waals surface area contributed by atoms with Crippen molar-refractivity contribution in [3.63, 3.8) is 0 Å². The minimum atomic E-state index is 0. The molecular formula is C14H13Rb. The van der Waals surface area contributed by atoms with E-state index in [-0.39, 0.29) is 59.6 Å². The van der Waals surface area contributed by atoms with Crippen molar-refractivity contribution in [1.82, 2.24) is 0 Å². The van der Waals surface area contributed by atoms with Crippen LogP contribution in [-0.4, -0.2) is 0 Å². The Kier molecular flexibility index (Phi) is 6.34. The van der Waals surface area contributed by atoms with Gasteiger partial charge in [-0.05, 0) is 11.1 Å². The number of hydrogen-bond acceptors (Lipinski definition) is 0. The summed E-state index contributed by atoms with van der Waals surface area (Å²) in [6.07, 6.45) is 4.24. The molecule has 15 heavy (non-hydrogen) atoms. The van der Waals surface area contributed by atoms with Gasteiger partial charge in [0.15, 0.2) is 0 Å². The molecule has 0 bridgehead atoms. The van der Waals surface area contributed by atoms with Crippen molar-refractivity contribution >= 4 is 12.2 Å². The molecule has 0 nitrogen and oxygen atoms in total. The molecule has 2 aromatic carbocycles. The van der Waals surface area contributed by atoms with Crippen LogP contribution < -0.4 is 58.2 Å². The molecular weight excluding hydrogens is 254 g/mol. The van der Waals surface area contributed by atoms with Crippen LogP contribution in [0.15, 0.2) is 60.7 Å². The maximum atomic E-state index is 2.12. The Balaban J connectivity index is 0.00000112. The first-order chi connectivity index (χ1) is 6.95. The molecule has 0 N–H and O–H groups in total. The van der Waals surface area contributed by atoms with Gasteiger partial charge in [0.2, 0.25) is 0 Å².